The summed E-state index contributed by atoms with van der Waals surface area (Å²) in [6.45, 7) is 11.0. The highest BCUT2D eigenvalue weighted by Crippen LogP contribution is 2.12. The zero-order valence-corrected chi connectivity index (χ0v) is 12.3. The highest BCUT2D eigenvalue weighted by atomic mass is 15.1. The maximum absolute atomic E-state index is 3.67. The first-order valence-electron chi connectivity index (χ1n) is 7.56. The summed E-state index contributed by atoms with van der Waals surface area (Å²) in [5.41, 5.74) is 2.91. The molecule has 1 atom stereocenters. The van der Waals surface area contributed by atoms with Gasteiger partial charge in [-0.1, -0.05) is 38.1 Å². The second-order valence-corrected chi connectivity index (χ2v) is 5.30. The lowest BCUT2D eigenvalue weighted by Gasteiger charge is -2.21. The molecule has 106 valence electrons. The lowest BCUT2D eigenvalue weighted by Crippen LogP contribution is -2.31. The quantitative estimate of drug-likeness (QED) is 0.786. The molecule has 0 spiro atoms. The second kappa shape index (κ2) is 7.63. The minimum absolute atomic E-state index is 0.640. The average Bonchev–Trinajstić information content (AvgIpc) is 2.97. The lowest BCUT2D eigenvalue weighted by atomic mass is 10.1. The first kappa shape index (κ1) is 14.5. The van der Waals surface area contributed by atoms with Gasteiger partial charge in [-0.25, -0.2) is 0 Å². The van der Waals surface area contributed by atoms with Gasteiger partial charge in [0.1, 0.15) is 0 Å². The van der Waals surface area contributed by atoms with Crippen LogP contribution in [-0.4, -0.2) is 37.1 Å². The van der Waals surface area contributed by atoms with Gasteiger partial charge in [0, 0.05) is 25.7 Å². The normalized spacial score (nSPS) is 19.2. The van der Waals surface area contributed by atoms with E-state index in [9.17, 15) is 0 Å². The Labute approximate surface area is 117 Å². The molecule has 1 aliphatic heterocycles. The third-order valence-corrected chi connectivity index (χ3v) is 4.05. The molecular formula is C16H27N3. The van der Waals surface area contributed by atoms with Gasteiger partial charge in [0.25, 0.3) is 0 Å². The fourth-order valence-electron chi connectivity index (χ4n) is 2.66. The van der Waals surface area contributed by atoms with Crippen molar-refractivity contribution in [3.05, 3.63) is 35.4 Å². The summed E-state index contributed by atoms with van der Waals surface area (Å²) < 4.78 is 0. The maximum Gasteiger partial charge on any atom is 0.0236 e. The van der Waals surface area contributed by atoms with Crippen LogP contribution in [-0.2, 0) is 13.1 Å². The first-order valence-corrected chi connectivity index (χ1v) is 7.56. The summed E-state index contributed by atoms with van der Waals surface area (Å²) in [6.07, 6.45) is 1.25. The van der Waals surface area contributed by atoms with Gasteiger partial charge >= 0.3 is 0 Å². The Kier molecular flexibility index (Phi) is 5.83. The van der Waals surface area contributed by atoms with E-state index in [0.717, 1.165) is 39.3 Å². The summed E-state index contributed by atoms with van der Waals surface area (Å²) in [4.78, 5) is 2.47. The molecule has 1 heterocycles. The molecule has 1 aromatic rings. The molecule has 0 saturated carbocycles. The Hall–Kier alpha value is -0.900. The molecule has 3 heteroatoms. The lowest BCUT2D eigenvalue weighted by molar-refractivity contribution is 0.294. The van der Waals surface area contributed by atoms with Crippen LogP contribution in [0.2, 0.25) is 0 Å². The van der Waals surface area contributed by atoms with Gasteiger partial charge in [0.15, 0.2) is 0 Å². The van der Waals surface area contributed by atoms with Gasteiger partial charge in [0.05, 0.1) is 0 Å². The van der Waals surface area contributed by atoms with Gasteiger partial charge in [0.2, 0.25) is 0 Å². The predicted molar refractivity (Wildman–Crippen MR) is 81.2 cm³/mol. The highest BCUT2D eigenvalue weighted by Gasteiger charge is 2.14. The van der Waals surface area contributed by atoms with Crippen LogP contribution in [0.5, 0.6) is 0 Å². The van der Waals surface area contributed by atoms with Crippen molar-refractivity contribution in [3.8, 4) is 0 Å². The minimum Gasteiger partial charge on any atom is -0.315 e. The predicted octanol–water partition coefficient (Wildman–Crippen LogP) is 1.98. The smallest absolute Gasteiger partial charge is 0.0236 e. The highest BCUT2D eigenvalue weighted by molar-refractivity contribution is 5.27. The second-order valence-electron chi connectivity index (χ2n) is 5.30. The van der Waals surface area contributed by atoms with Crippen LogP contribution in [0.15, 0.2) is 24.3 Å². The zero-order valence-electron chi connectivity index (χ0n) is 12.3. The van der Waals surface area contributed by atoms with Crippen LogP contribution in [0.25, 0.3) is 0 Å². The molecule has 1 aromatic carbocycles. The first-order chi connectivity index (χ1) is 9.33. The Morgan fingerprint density at radius 3 is 2.58 bits per heavy atom. The number of hydrogen-bond donors (Lipinski definition) is 2. The molecule has 2 rings (SSSR count). The molecular weight excluding hydrogens is 234 g/mol. The summed E-state index contributed by atoms with van der Waals surface area (Å²) >= 11 is 0. The van der Waals surface area contributed by atoms with Crippen molar-refractivity contribution in [3.63, 3.8) is 0 Å². The third-order valence-electron chi connectivity index (χ3n) is 4.05. The Balaban J connectivity index is 1.94. The standard InChI is InChI=1S/C16H27N3/c1-3-19(4-2)13-15-8-6-5-7-14(15)11-18-16-9-10-17-12-16/h5-8,16-18H,3-4,9-13H2,1-2H3. The third kappa shape index (κ3) is 4.30. The molecule has 19 heavy (non-hydrogen) atoms. The number of nitrogens with one attached hydrogen (secondary N) is 2. The molecule has 0 aromatic heterocycles. The maximum atomic E-state index is 3.67. The zero-order chi connectivity index (χ0) is 13.5. The largest absolute Gasteiger partial charge is 0.315 e. The van der Waals surface area contributed by atoms with Crippen LogP contribution in [0.4, 0.5) is 0 Å². The molecule has 1 aliphatic rings. The van der Waals surface area contributed by atoms with Gasteiger partial charge < -0.3 is 10.6 Å². The summed E-state index contributed by atoms with van der Waals surface area (Å²) in [5, 5.41) is 7.07. The van der Waals surface area contributed by atoms with Crippen LogP contribution < -0.4 is 10.6 Å². The molecule has 1 unspecified atom stereocenters. The SMILES string of the molecule is CCN(CC)Cc1ccccc1CNC1CCNC1. The average molecular weight is 261 g/mol. The van der Waals surface area contributed by atoms with E-state index in [2.05, 4.69) is 53.6 Å². The van der Waals surface area contributed by atoms with Crippen LogP contribution >= 0.6 is 0 Å². The van der Waals surface area contributed by atoms with Gasteiger partial charge in [-0.15, -0.1) is 0 Å². The number of nitrogens with zero attached hydrogens (tertiary/aromatic N) is 1. The molecule has 0 aliphatic carbocycles. The van der Waals surface area contributed by atoms with Crippen molar-refractivity contribution >= 4 is 0 Å². The fourth-order valence-corrected chi connectivity index (χ4v) is 2.66. The van der Waals surface area contributed by atoms with E-state index in [0.29, 0.717) is 6.04 Å². The molecule has 0 amide bonds. The monoisotopic (exact) mass is 261 g/mol. The Bertz CT molecular complexity index is 368. The van der Waals surface area contributed by atoms with Crippen molar-refractivity contribution in [2.75, 3.05) is 26.2 Å². The summed E-state index contributed by atoms with van der Waals surface area (Å²) in [7, 11) is 0. The molecule has 2 N–H and O–H groups in total. The van der Waals surface area contributed by atoms with Crippen molar-refractivity contribution in [1.82, 2.24) is 15.5 Å². The topological polar surface area (TPSA) is 27.3 Å². The van der Waals surface area contributed by atoms with Gasteiger partial charge in [-0.2, -0.15) is 0 Å². The van der Waals surface area contributed by atoms with Crippen molar-refractivity contribution in [2.45, 2.75) is 39.4 Å². The van der Waals surface area contributed by atoms with E-state index in [-0.39, 0.29) is 0 Å². The van der Waals surface area contributed by atoms with Crippen molar-refractivity contribution in [1.29, 1.82) is 0 Å². The minimum atomic E-state index is 0.640. The van der Waals surface area contributed by atoms with E-state index >= 15 is 0 Å². The van der Waals surface area contributed by atoms with E-state index < -0.39 is 0 Å². The van der Waals surface area contributed by atoms with Gasteiger partial charge in [-0.3, -0.25) is 4.90 Å². The van der Waals surface area contributed by atoms with E-state index in [4.69, 9.17) is 0 Å². The van der Waals surface area contributed by atoms with Crippen LogP contribution in [0.1, 0.15) is 31.4 Å². The number of rotatable bonds is 7. The summed E-state index contributed by atoms with van der Waals surface area (Å²) in [6, 6.07) is 9.47. The van der Waals surface area contributed by atoms with Crippen LogP contribution in [0.3, 0.4) is 0 Å². The van der Waals surface area contributed by atoms with Crippen LogP contribution in [0, 0.1) is 0 Å². The number of hydrogen-bond acceptors (Lipinski definition) is 3. The van der Waals surface area contributed by atoms with Crippen molar-refractivity contribution in [2.24, 2.45) is 0 Å². The molecule has 0 radical (unpaired) electrons. The molecule has 0 bridgehead atoms. The number of benzene rings is 1. The molecule has 1 fully saturated rings. The molecule has 1 saturated heterocycles. The van der Waals surface area contributed by atoms with E-state index in [1.807, 2.05) is 0 Å². The Morgan fingerprint density at radius 2 is 1.95 bits per heavy atom. The van der Waals surface area contributed by atoms with Gasteiger partial charge in [-0.05, 0) is 37.2 Å². The van der Waals surface area contributed by atoms with E-state index in [1.165, 1.54) is 17.5 Å². The fraction of sp³-hybridized carbons (Fsp3) is 0.625. The summed E-state index contributed by atoms with van der Waals surface area (Å²) in [5.74, 6) is 0. The van der Waals surface area contributed by atoms with Crippen molar-refractivity contribution < 1.29 is 0 Å². The Morgan fingerprint density at radius 1 is 1.21 bits per heavy atom. The molecule has 3 nitrogen and oxygen atoms in total. The van der Waals surface area contributed by atoms with E-state index in [1.54, 1.807) is 0 Å².